The van der Waals surface area contributed by atoms with Gasteiger partial charge in [0, 0.05) is 65.7 Å². The van der Waals surface area contributed by atoms with E-state index in [-0.39, 0.29) is 24.3 Å². The van der Waals surface area contributed by atoms with Crippen molar-refractivity contribution in [2.45, 2.75) is 38.2 Å². The van der Waals surface area contributed by atoms with Crippen LogP contribution in [0.5, 0.6) is 23.0 Å². The Balaban J connectivity index is 1.74. The Kier molecular flexibility index (Phi) is 9.91. The number of nitrogens with zero attached hydrogens (tertiary/aromatic N) is 1. The van der Waals surface area contributed by atoms with E-state index in [9.17, 15) is 13.6 Å². The maximum atomic E-state index is 14.6. The minimum Gasteiger partial charge on any atom is -0.497 e. The number of methoxy groups -OCH3 is 3. The molecule has 3 aromatic rings. The fourth-order valence-corrected chi connectivity index (χ4v) is 5.24. The summed E-state index contributed by atoms with van der Waals surface area (Å²) in [5.41, 5.74) is 3.19. The van der Waals surface area contributed by atoms with Crippen molar-refractivity contribution in [3.05, 3.63) is 82.5 Å². The molecule has 0 aromatic heterocycles. The number of anilines is 2. The summed E-state index contributed by atoms with van der Waals surface area (Å²) in [4.78, 5) is 12.8. The minimum absolute atomic E-state index is 0.0117. The first-order chi connectivity index (χ1) is 20.4. The molecule has 2 N–H and O–H groups in total. The quantitative estimate of drug-likeness (QED) is 0.181. The predicted molar refractivity (Wildman–Crippen MR) is 162 cm³/mol. The summed E-state index contributed by atoms with van der Waals surface area (Å²) in [6, 6.07) is 13.0. The largest absolute Gasteiger partial charge is 0.497 e. The lowest BCUT2D eigenvalue weighted by Crippen LogP contribution is -2.28. The van der Waals surface area contributed by atoms with E-state index in [1.54, 1.807) is 36.4 Å². The van der Waals surface area contributed by atoms with Gasteiger partial charge in [-0.15, -0.1) is 0 Å². The third kappa shape index (κ3) is 7.43. The maximum Gasteiger partial charge on any atom is 0.303 e. The summed E-state index contributed by atoms with van der Waals surface area (Å²) < 4.78 is 51.5. The highest BCUT2D eigenvalue weighted by Crippen LogP contribution is 2.45. The maximum absolute atomic E-state index is 14.6. The van der Waals surface area contributed by atoms with Crippen molar-refractivity contribution in [3.63, 3.8) is 0 Å². The molecule has 43 heavy (non-hydrogen) atoms. The van der Waals surface area contributed by atoms with Crippen LogP contribution in [0.25, 0.3) is 0 Å². The highest BCUT2D eigenvalue weighted by Gasteiger charge is 2.34. The number of fused-ring (bicyclic) bond motifs is 1. The fourth-order valence-electron chi connectivity index (χ4n) is 5.08. The second-order valence-corrected chi connectivity index (χ2v) is 10.6. The van der Waals surface area contributed by atoms with Gasteiger partial charge in [0.1, 0.15) is 23.0 Å². The lowest BCUT2D eigenvalue weighted by molar-refractivity contribution is -0.137. The summed E-state index contributed by atoms with van der Waals surface area (Å²) in [6.45, 7) is 5.99. The first-order valence-electron chi connectivity index (χ1n) is 13.6. The Hall–Kier alpha value is -4.18. The van der Waals surface area contributed by atoms with Crippen LogP contribution in [-0.2, 0) is 17.1 Å². The van der Waals surface area contributed by atoms with Crippen LogP contribution in [0.3, 0.4) is 0 Å². The molecule has 11 heteroatoms. The van der Waals surface area contributed by atoms with E-state index in [0.717, 1.165) is 12.5 Å². The Morgan fingerprint density at radius 3 is 2.44 bits per heavy atom. The summed E-state index contributed by atoms with van der Waals surface area (Å²) in [6.07, 6.45) is 0.940. The van der Waals surface area contributed by atoms with Crippen LogP contribution >= 0.6 is 11.6 Å². The molecule has 1 aliphatic rings. The second-order valence-electron chi connectivity index (χ2n) is 10.2. The number of hydrogen-bond acceptors (Lipinski definition) is 7. The van der Waals surface area contributed by atoms with Crippen LogP contribution in [0.2, 0.25) is 5.02 Å². The van der Waals surface area contributed by atoms with Crippen LogP contribution in [0.4, 0.5) is 20.2 Å². The molecular formula is C32H35ClF2N2O6. The monoisotopic (exact) mass is 616 g/mol. The number of halogens is 3. The lowest BCUT2D eigenvalue weighted by atomic mass is 10.00. The van der Waals surface area contributed by atoms with Crippen molar-refractivity contribution >= 4 is 28.9 Å². The summed E-state index contributed by atoms with van der Waals surface area (Å²) in [5.74, 6) is -2.37. The smallest absolute Gasteiger partial charge is 0.303 e. The second kappa shape index (κ2) is 13.4. The number of carboxylic acids is 1. The molecular weight excluding hydrogens is 582 g/mol. The molecule has 1 aliphatic heterocycles. The molecule has 3 aromatic carbocycles. The molecule has 8 nitrogen and oxygen atoms in total. The average Bonchev–Trinajstić information content (AvgIpc) is 3.39. The Labute approximate surface area is 254 Å². The van der Waals surface area contributed by atoms with E-state index < -0.39 is 17.9 Å². The first-order valence-corrected chi connectivity index (χ1v) is 14.0. The zero-order chi connectivity index (χ0) is 31.3. The molecule has 0 fully saturated rings. The molecule has 0 bridgehead atoms. The normalized spacial score (nSPS) is 13.2. The average molecular weight is 617 g/mol. The molecule has 0 saturated carbocycles. The van der Waals surface area contributed by atoms with Crippen molar-refractivity contribution in [2.75, 3.05) is 44.7 Å². The van der Waals surface area contributed by atoms with Gasteiger partial charge in [-0.05, 0) is 42.7 Å². The van der Waals surface area contributed by atoms with Gasteiger partial charge < -0.3 is 34.3 Å². The number of carbonyl (C=O) groups is 1. The predicted octanol–water partition coefficient (Wildman–Crippen LogP) is 7.45. The van der Waals surface area contributed by atoms with Gasteiger partial charge in [0.2, 0.25) is 0 Å². The third-order valence-electron chi connectivity index (χ3n) is 7.19. The minimum atomic E-state index is -3.12. The van der Waals surface area contributed by atoms with E-state index >= 15 is 0 Å². The number of benzene rings is 3. The lowest BCUT2D eigenvalue weighted by Gasteiger charge is -2.32. The van der Waals surface area contributed by atoms with Crippen molar-refractivity contribution in [2.24, 2.45) is 0 Å². The van der Waals surface area contributed by atoms with Gasteiger partial charge in [0.15, 0.2) is 0 Å². The van der Waals surface area contributed by atoms with Crippen LogP contribution < -0.4 is 29.2 Å². The standard InChI is InChI=1S/C32H35ClF2N2O6/c1-19(37-11-10-20-13-29(42-5)26(18-27(20)37)32(2,34)35)31(25-9-8-21(33)14-28(25)41-4)36-22-15-23(40-3)17-24(16-22)43-12-6-7-30(38)39/h8-9,13-18,31,36H,1,6-7,10-12H2,2-5H3,(H,38,39). The summed E-state index contributed by atoms with van der Waals surface area (Å²) >= 11 is 6.28. The first kappa shape index (κ1) is 31.7. The Bertz CT molecular complexity index is 1490. The van der Waals surface area contributed by atoms with Gasteiger partial charge in [-0.25, -0.2) is 8.78 Å². The van der Waals surface area contributed by atoms with Crippen molar-refractivity contribution in [1.82, 2.24) is 0 Å². The molecule has 0 saturated heterocycles. The molecule has 1 unspecified atom stereocenters. The van der Waals surface area contributed by atoms with Crippen molar-refractivity contribution in [3.8, 4) is 23.0 Å². The number of alkyl halides is 2. The Morgan fingerprint density at radius 1 is 1.07 bits per heavy atom. The zero-order valence-corrected chi connectivity index (χ0v) is 25.3. The van der Waals surface area contributed by atoms with Crippen LogP contribution in [0.1, 0.15) is 42.5 Å². The van der Waals surface area contributed by atoms with E-state index in [1.807, 2.05) is 11.0 Å². The highest BCUT2D eigenvalue weighted by molar-refractivity contribution is 6.30. The van der Waals surface area contributed by atoms with E-state index in [1.165, 1.54) is 27.4 Å². The van der Waals surface area contributed by atoms with Crippen LogP contribution in [-0.4, -0.2) is 45.6 Å². The van der Waals surface area contributed by atoms with Crippen LogP contribution in [0.15, 0.2) is 60.8 Å². The fraction of sp³-hybridized carbons (Fsp3) is 0.344. The number of ether oxygens (including phenoxy) is 4. The third-order valence-corrected chi connectivity index (χ3v) is 7.42. The Morgan fingerprint density at radius 2 is 1.79 bits per heavy atom. The van der Waals surface area contributed by atoms with Crippen molar-refractivity contribution < 1.29 is 37.6 Å². The van der Waals surface area contributed by atoms with Gasteiger partial charge in [-0.3, -0.25) is 4.79 Å². The summed E-state index contributed by atoms with van der Waals surface area (Å²) in [7, 11) is 4.45. The van der Waals surface area contributed by atoms with Crippen LogP contribution in [0, 0.1) is 0 Å². The molecule has 0 radical (unpaired) electrons. The molecule has 230 valence electrons. The van der Waals surface area contributed by atoms with Gasteiger partial charge in [0.25, 0.3) is 5.92 Å². The summed E-state index contributed by atoms with van der Waals surface area (Å²) in [5, 5.41) is 12.9. The number of aliphatic carboxylic acids is 1. The molecule has 4 rings (SSSR count). The van der Waals surface area contributed by atoms with Gasteiger partial charge in [-0.2, -0.15) is 0 Å². The van der Waals surface area contributed by atoms with E-state index in [4.69, 9.17) is 35.7 Å². The molecule has 1 heterocycles. The highest BCUT2D eigenvalue weighted by atomic mass is 35.5. The van der Waals surface area contributed by atoms with Gasteiger partial charge in [-0.1, -0.05) is 24.2 Å². The molecule has 1 atom stereocenters. The van der Waals surface area contributed by atoms with Crippen molar-refractivity contribution in [1.29, 1.82) is 0 Å². The number of carboxylic acid groups (broad SMARTS) is 1. The zero-order valence-electron chi connectivity index (χ0n) is 24.5. The molecule has 0 aliphatic carbocycles. The molecule has 0 amide bonds. The van der Waals surface area contributed by atoms with Gasteiger partial charge >= 0.3 is 5.97 Å². The van der Waals surface area contributed by atoms with E-state index in [2.05, 4.69) is 11.9 Å². The van der Waals surface area contributed by atoms with E-state index in [0.29, 0.717) is 64.3 Å². The number of hydrogen-bond donors (Lipinski definition) is 2. The number of rotatable bonds is 14. The molecule has 0 spiro atoms. The van der Waals surface area contributed by atoms with Gasteiger partial charge in [0.05, 0.1) is 39.5 Å². The topological polar surface area (TPSA) is 89.5 Å². The number of nitrogens with one attached hydrogen (secondary N) is 1. The SMILES string of the molecule is C=C(C(Nc1cc(OC)cc(OCCCC(=O)O)c1)c1ccc(Cl)cc1OC)N1CCc2cc(OC)c(C(C)(F)F)cc21.